The van der Waals surface area contributed by atoms with Crippen molar-refractivity contribution in [3.8, 4) is 22.9 Å². The number of nitrogens with zero attached hydrogens (tertiary/aromatic N) is 2. The van der Waals surface area contributed by atoms with Gasteiger partial charge in [0.2, 0.25) is 5.91 Å². The Bertz CT molecular complexity index is 1340. The van der Waals surface area contributed by atoms with Crippen LogP contribution in [0.15, 0.2) is 18.2 Å². The minimum absolute atomic E-state index is 0.0357. The van der Waals surface area contributed by atoms with E-state index in [-0.39, 0.29) is 40.7 Å². The number of nitrogens with one attached hydrogen (secondary N) is 1. The largest absolute Gasteiger partial charge is 0.495 e. The Kier molecular flexibility index (Phi) is 7.18. The van der Waals surface area contributed by atoms with Gasteiger partial charge >= 0.3 is 5.97 Å². The van der Waals surface area contributed by atoms with Gasteiger partial charge in [0.25, 0.3) is 5.91 Å². The van der Waals surface area contributed by atoms with Crippen LogP contribution in [0.4, 0.5) is 17.2 Å². The lowest BCUT2D eigenvalue weighted by atomic mass is 9.96. The smallest absolute Gasteiger partial charge is 0.305 e. The molecule has 7 N–H and O–H groups in total. The number of thiophene rings is 1. The minimum atomic E-state index is -0.724. The molecule has 0 spiro atoms. The molecule has 0 radical (unpaired) electrons. The highest BCUT2D eigenvalue weighted by Crippen LogP contribution is 2.43. The van der Waals surface area contributed by atoms with Crippen LogP contribution in [0.3, 0.4) is 0 Å². The topological polar surface area (TPSA) is 196 Å². The summed E-state index contributed by atoms with van der Waals surface area (Å²) < 4.78 is 9.92. The summed E-state index contributed by atoms with van der Waals surface area (Å²) in [6, 6.07) is 6.92. The average Bonchev–Trinajstić information content (AvgIpc) is 3.13. The molecule has 0 saturated heterocycles. The zero-order valence-corrected chi connectivity index (χ0v) is 19.2. The van der Waals surface area contributed by atoms with Crippen LogP contribution < -0.4 is 27.3 Å². The maximum absolute atomic E-state index is 12.4. The van der Waals surface area contributed by atoms with Crippen LogP contribution in [0.2, 0.25) is 0 Å². The SMILES string of the molecule is COC(=O)CCCC(=O)Nc1cc(-c2c(C#N)c(N)nc3sc(C(N)=O)c(N)c23)ccc1OC. The number of hydrogen-bond donors (Lipinski definition) is 4. The van der Waals surface area contributed by atoms with Gasteiger partial charge in [-0.15, -0.1) is 11.3 Å². The molecule has 0 saturated carbocycles. The fraction of sp³-hybridized carbons (Fsp3) is 0.227. The minimum Gasteiger partial charge on any atom is -0.495 e. The van der Waals surface area contributed by atoms with Crippen molar-refractivity contribution in [1.29, 1.82) is 5.26 Å². The second kappa shape index (κ2) is 10.1. The van der Waals surface area contributed by atoms with Crippen LogP contribution in [-0.2, 0) is 14.3 Å². The summed E-state index contributed by atoms with van der Waals surface area (Å²) in [4.78, 5) is 40.2. The number of methoxy groups -OCH3 is 2. The van der Waals surface area contributed by atoms with Crippen molar-refractivity contribution in [2.45, 2.75) is 19.3 Å². The molecule has 1 aromatic carbocycles. The second-order valence-electron chi connectivity index (χ2n) is 7.14. The van der Waals surface area contributed by atoms with Gasteiger partial charge in [-0.2, -0.15) is 5.26 Å². The highest BCUT2D eigenvalue weighted by Gasteiger charge is 2.24. The van der Waals surface area contributed by atoms with E-state index in [1.54, 1.807) is 18.2 Å². The Hall–Kier alpha value is -4.37. The predicted molar refractivity (Wildman–Crippen MR) is 128 cm³/mol. The Balaban J connectivity index is 2.09. The van der Waals surface area contributed by atoms with Gasteiger partial charge in [-0.3, -0.25) is 14.4 Å². The molecule has 0 aliphatic rings. The summed E-state index contributed by atoms with van der Waals surface area (Å²) >= 11 is 0.978. The number of fused-ring (bicyclic) bond motifs is 1. The number of primary amides is 1. The Labute approximate surface area is 198 Å². The van der Waals surface area contributed by atoms with Gasteiger partial charge in [0.15, 0.2) is 0 Å². The van der Waals surface area contributed by atoms with E-state index in [0.29, 0.717) is 39.2 Å². The summed E-state index contributed by atoms with van der Waals surface area (Å²) in [5.74, 6) is -1.13. The first-order valence-corrected chi connectivity index (χ1v) is 10.8. The first kappa shape index (κ1) is 24.3. The van der Waals surface area contributed by atoms with Crippen LogP contribution in [0.1, 0.15) is 34.5 Å². The molecule has 0 unspecified atom stereocenters. The summed E-state index contributed by atoms with van der Waals surface area (Å²) in [5, 5.41) is 12.9. The molecule has 2 amide bonds. The van der Waals surface area contributed by atoms with E-state index in [4.69, 9.17) is 21.9 Å². The first-order chi connectivity index (χ1) is 16.2. The van der Waals surface area contributed by atoms with E-state index < -0.39 is 11.9 Å². The molecule has 12 heteroatoms. The van der Waals surface area contributed by atoms with Crippen molar-refractivity contribution in [3.05, 3.63) is 28.6 Å². The number of carbonyl (C=O) groups excluding carboxylic acids is 3. The number of pyridine rings is 1. The fourth-order valence-corrected chi connectivity index (χ4v) is 4.39. The molecule has 176 valence electrons. The Morgan fingerprint density at radius 1 is 1.21 bits per heavy atom. The quantitative estimate of drug-likeness (QED) is 0.348. The highest BCUT2D eigenvalue weighted by molar-refractivity contribution is 7.21. The van der Waals surface area contributed by atoms with Gasteiger partial charge in [0.05, 0.1) is 25.6 Å². The number of anilines is 3. The molecule has 34 heavy (non-hydrogen) atoms. The third-order valence-corrected chi connectivity index (χ3v) is 6.13. The zero-order valence-electron chi connectivity index (χ0n) is 18.4. The van der Waals surface area contributed by atoms with E-state index in [1.165, 1.54) is 14.2 Å². The lowest BCUT2D eigenvalue weighted by molar-refractivity contribution is -0.140. The van der Waals surface area contributed by atoms with E-state index in [2.05, 4.69) is 15.0 Å². The van der Waals surface area contributed by atoms with Crippen molar-refractivity contribution < 1.29 is 23.9 Å². The molecule has 0 aliphatic carbocycles. The summed E-state index contributed by atoms with van der Waals surface area (Å²) in [5.41, 5.74) is 19.0. The third-order valence-electron chi connectivity index (χ3n) is 5.01. The number of nitriles is 1. The van der Waals surface area contributed by atoms with Gasteiger partial charge in [0, 0.05) is 23.8 Å². The number of aromatic nitrogens is 1. The average molecular weight is 483 g/mol. The number of hydrogen-bond acceptors (Lipinski definition) is 10. The molecule has 2 heterocycles. The van der Waals surface area contributed by atoms with Gasteiger partial charge in [-0.25, -0.2) is 4.98 Å². The van der Waals surface area contributed by atoms with Crippen molar-refractivity contribution in [3.63, 3.8) is 0 Å². The molecule has 0 fully saturated rings. The summed E-state index contributed by atoms with van der Waals surface area (Å²) in [6.45, 7) is 0. The molecule has 11 nitrogen and oxygen atoms in total. The third kappa shape index (κ3) is 4.69. The number of ether oxygens (including phenoxy) is 2. The molecular formula is C22H22N6O5S. The Morgan fingerprint density at radius 2 is 1.94 bits per heavy atom. The van der Waals surface area contributed by atoms with E-state index in [1.807, 2.05) is 6.07 Å². The lowest BCUT2D eigenvalue weighted by Gasteiger charge is -2.14. The van der Waals surface area contributed by atoms with E-state index >= 15 is 0 Å². The van der Waals surface area contributed by atoms with Crippen molar-refractivity contribution >= 4 is 56.5 Å². The number of rotatable bonds is 8. The number of nitrogen functional groups attached to an aromatic ring is 2. The van der Waals surface area contributed by atoms with Gasteiger partial charge in [-0.1, -0.05) is 6.07 Å². The first-order valence-electron chi connectivity index (χ1n) is 9.98. The molecule has 0 atom stereocenters. The van der Waals surface area contributed by atoms with E-state index in [9.17, 15) is 19.6 Å². The molecule has 3 rings (SSSR count). The van der Waals surface area contributed by atoms with Gasteiger partial charge in [-0.05, 0) is 24.1 Å². The Morgan fingerprint density at radius 3 is 2.56 bits per heavy atom. The lowest BCUT2D eigenvalue weighted by Crippen LogP contribution is -2.13. The van der Waals surface area contributed by atoms with Crippen LogP contribution in [-0.4, -0.2) is 37.0 Å². The van der Waals surface area contributed by atoms with Crippen LogP contribution >= 0.6 is 11.3 Å². The van der Waals surface area contributed by atoms with Crippen molar-refractivity contribution in [2.24, 2.45) is 5.73 Å². The monoisotopic (exact) mass is 482 g/mol. The molecule has 3 aromatic rings. The summed E-state index contributed by atoms with van der Waals surface area (Å²) in [6.07, 6.45) is 0.500. The number of benzene rings is 1. The van der Waals surface area contributed by atoms with Gasteiger partial charge < -0.3 is 32.0 Å². The van der Waals surface area contributed by atoms with Crippen LogP contribution in [0, 0.1) is 11.3 Å². The maximum Gasteiger partial charge on any atom is 0.305 e. The van der Waals surface area contributed by atoms with Crippen molar-refractivity contribution in [1.82, 2.24) is 4.98 Å². The maximum atomic E-state index is 12.4. The van der Waals surface area contributed by atoms with E-state index in [0.717, 1.165) is 11.3 Å². The predicted octanol–water partition coefficient (Wildman–Crippen LogP) is 2.39. The molecule has 0 bridgehead atoms. The number of amides is 2. The fourth-order valence-electron chi connectivity index (χ4n) is 3.42. The number of nitrogens with two attached hydrogens (primary N) is 3. The second-order valence-corrected chi connectivity index (χ2v) is 8.14. The van der Waals surface area contributed by atoms with Crippen molar-refractivity contribution in [2.75, 3.05) is 31.0 Å². The molecule has 2 aromatic heterocycles. The zero-order chi connectivity index (χ0) is 25.0. The highest BCUT2D eigenvalue weighted by atomic mass is 32.1. The molecule has 0 aliphatic heterocycles. The number of esters is 1. The molecular weight excluding hydrogens is 460 g/mol. The van der Waals surface area contributed by atoms with Crippen LogP contribution in [0.25, 0.3) is 21.3 Å². The normalized spacial score (nSPS) is 10.5. The standard InChI is InChI=1S/C22H22N6O5S/c1-32-13-7-6-10(8-12(13)27-14(29)4-3-5-15(30)33-2)16-11(9-23)20(25)28-22-17(16)18(24)19(34-22)21(26)31/h6-8H,3-5,24H2,1-2H3,(H2,25,28)(H2,26,31)(H,27,29). The van der Waals surface area contributed by atoms with Crippen LogP contribution in [0.5, 0.6) is 5.75 Å². The van der Waals surface area contributed by atoms with Gasteiger partial charge in [0.1, 0.15) is 32.9 Å². The summed E-state index contributed by atoms with van der Waals surface area (Å²) in [7, 11) is 2.73. The number of carbonyl (C=O) groups is 3.